The maximum absolute atomic E-state index is 11.7. The molecule has 0 saturated carbocycles. The van der Waals surface area contributed by atoms with E-state index in [2.05, 4.69) is 12.2 Å². The van der Waals surface area contributed by atoms with Crippen molar-refractivity contribution in [2.24, 2.45) is 5.92 Å². The Morgan fingerprint density at radius 1 is 1.50 bits per heavy atom. The Morgan fingerprint density at radius 2 is 2.22 bits per heavy atom. The number of hydrogen-bond acceptors (Lipinski definition) is 4. The fraction of sp³-hybridized carbons (Fsp3) is 0.615. The summed E-state index contributed by atoms with van der Waals surface area (Å²) in [4.78, 5) is 11.7. The van der Waals surface area contributed by atoms with Crippen molar-refractivity contribution in [2.45, 2.75) is 26.1 Å². The molecule has 5 nitrogen and oxygen atoms in total. The number of carbonyl (C=O) groups excluding carboxylic acids is 1. The summed E-state index contributed by atoms with van der Waals surface area (Å²) in [5.74, 6) is -0.335. The second kappa shape index (κ2) is 5.54. The van der Waals surface area contributed by atoms with Gasteiger partial charge in [0.25, 0.3) is 5.91 Å². The van der Waals surface area contributed by atoms with E-state index in [-0.39, 0.29) is 11.8 Å². The van der Waals surface area contributed by atoms with Crippen LogP contribution in [0.4, 0.5) is 0 Å². The van der Waals surface area contributed by atoms with Gasteiger partial charge in [0.2, 0.25) is 0 Å². The fourth-order valence-corrected chi connectivity index (χ4v) is 2.14. The highest BCUT2D eigenvalue weighted by Crippen LogP contribution is 2.26. The van der Waals surface area contributed by atoms with E-state index in [1.54, 1.807) is 6.07 Å². The van der Waals surface area contributed by atoms with Crippen LogP contribution in [-0.2, 0) is 9.47 Å². The molecule has 18 heavy (non-hydrogen) atoms. The molecule has 1 aliphatic heterocycles. The highest BCUT2D eigenvalue weighted by Gasteiger charge is 2.32. The summed E-state index contributed by atoms with van der Waals surface area (Å²) in [5.41, 5.74) is 0.543. The second-order valence-electron chi connectivity index (χ2n) is 4.86. The molecule has 2 rings (SSSR count). The molecule has 100 valence electrons. The Morgan fingerprint density at radius 3 is 2.83 bits per heavy atom. The molecular weight excluding hydrogens is 234 g/mol. The zero-order valence-electron chi connectivity index (χ0n) is 10.8. The number of carbonyl (C=O) groups is 1. The molecule has 1 aliphatic rings. The van der Waals surface area contributed by atoms with Crippen LogP contribution in [0.2, 0.25) is 0 Å². The first-order valence-electron chi connectivity index (χ1n) is 6.17. The minimum Gasteiger partial charge on any atom is -0.472 e. The quantitative estimate of drug-likeness (QED) is 0.869. The van der Waals surface area contributed by atoms with Gasteiger partial charge in [0, 0.05) is 13.0 Å². The van der Waals surface area contributed by atoms with Gasteiger partial charge in [-0.1, -0.05) is 6.92 Å². The Bertz CT molecular complexity index is 382. The lowest BCUT2D eigenvalue weighted by atomic mass is 10.0. The average molecular weight is 253 g/mol. The van der Waals surface area contributed by atoms with E-state index in [1.807, 2.05) is 6.92 Å². The smallest absolute Gasteiger partial charge is 0.254 e. The van der Waals surface area contributed by atoms with E-state index in [0.717, 1.165) is 6.42 Å². The van der Waals surface area contributed by atoms with Gasteiger partial charge in [0.15, 0.2) is 5.79 Å². The SMILES string of the molecule is C[C@@H](CNC(=O)c1ccoc1)CC1(C)OCCO1. The summed E-state index contributed by atoms with van der Waals surface area (Å²) >= 11 is 0. The Kier molecular flexibility index (Phi) is 4.04. The lowest BCUT2D eigenvalue weighted by molar-refractivity contribution is -0.153. The number of ether oxygens (including phenoxy) is 2. The zero-order chi connectivity index (χ0) is 13.0. The van der Waals surface area contributed by atoms with Crippen molar-refractivity contribution >= 4 is 5.91 Å². The molecule has 0 bridgehead atoms. The van der Waals surface area contributed by atoms with Crippen LogP contribution in [0.25, 0.3) is 0 Å². The lowest BCUT2D eigenvalue weighted by Crippen LogP contribution is -2.34. The van der Waals surface area contributed by atoms with Crippen LogP contribution >= 0.6 is 0 Å². The van der Waals surface area contributed by atoms with Gasteiger partial charge in [-0.25, -0.2) is 0 Å². The van der Waals surface area contributed by atoms with Crippen LogP contribution in [0.3, 0.4) is 0 Å². The van der Waals surface area contributed by atoms with Crippen molar-refractivity contribution in [2.75, 3.05) is 19.8 Å². The molecule has 0 aromatic carbocycles. The van der Waals surface area contributed by atoms with E-state index in [9.17, 15) is 4.79 Å². The van der Waals surface area contributed by atoms with Crippen LogP contribution in [0.5, 0.6) is 0 Å². The van der Waals surface area contributed by atoms with Crippen molar-refractivity contribution in [1.29, 1.82) is 0 Å². The van der Waals surface area contributed by atoms with E-state index in [4.69, 9.17) is 13.9 Å². The van der Waals surface area contributed by atoms with Gasteiger partial charge in [-0.3, -0.25) is 4.79 Å². The number of amides is 1. The van der Waals surface area contributed by atoms with Gasteiger partial charge in [0.1, 0.15) is 6.26 Å². The first kappa shape index (κ1) is 13.1. The Hall–Kier alpha value is -1.33. The van der Waals surface area contributed by atoms with E-state index in [0.29, 0.717) is 25.3 Å². The van der Waals surface area contributed by atoms with Gasteiger partial charge in [-0.05, 0) is 18.9 Å². The van der Waals surface area contributed by atoms with E-state index >= 15 is 0 Å². The summed E-state index contributed by atoms with van der Waals surface area (Å²) in [5, 5.41) is 2.87. The van der Waals surface area contributed by atoms with E-state index in [1.165, 1.54) is 12.5 Å². The number of rotatable bonds is 5. The Balaban J connectivity index is 1.74. The maximum Gasteiger partial charge on any atom is 0.254 e. The molecular formula is C13H19NO4. The summed E-state index contributed by atoms with van der Waals surface area (Å²) in [6.45, 7) is 5.88. The van der Waals surface area contributed by atoms with Crippen molar-refractivity contribution in [3.05, 3.63) is 24.2 Å². The fourth-order valence-electron chi connectivity index (χ4n) is 2.14. The average Bonchev–Trinajstić information content (AvgIpc) is 2.97. The molecule has 1 fully saturated rings. The predicted molar refractivity (Wildman–Crippen MR) is 65.1 cm³/mol. The number of hydrogen-bond donors (Lipinski definition) is 1. The third kappa shape index (κ3) is 3.34. The van der Waals surface area contributed by atoms with Gasteiger partial charge < -0.3 is 19.2 Å². The molecule has 0 aliphatic carbocycles. The highest BCUT2D eigenvalue weighted by molar-refractivity contribution is 5.93. The summed E-state index contributed by atoms with van der Waals surface area (Å²) < 4.78 is 15.9. The molecule has 1 amide bonds. The van der Waals surface area contributed by atoms with Gasteiger partial charge >= 0.3 is 0 Å². The topological polar surface area (TPSA) is 60.7 Å². The third-order valence-electron chi connectivity index (χ3n) is 3.01. The molecule has 0 unspecified atom stereocenters. The number of furan rings is 1. The van der Waals surface area contributed by atoms with Crippen LogP contribution in [0, 0.1) is 5.92 Å². The summed E-state index contributed by atoms with van der Waals surface area (Å²) in [6.07, 6.45) is 3.68. The third-order valence-corrected chi connectivity index (χ3v) is 3.01. The van der Waals surface area contributed by atoms with Crippen LogP contribution < -0.4 is 5.32 Å². The minimum atomic E-state index is -0.500. The van der Waals surface area contributed by atoms with Gasteiger partial charge in [-0.15, -0.1) is 0 Å². The van der Waals surface area contributed by atoms with Crippen LogP contribution in [-0.4, -0.2) is 31.5 Å². The summed E-state index contributed by atoms with van der Waals surface area (Å²) in [6, 6.07) is 1.64. The van der Waals surface area contributed by atoms with Crippen molar-refractivity contribution in [3.63, 3.8) is 0 Å². The van der Waals surface area contributed by atoms with Gasteiger partial charge in [-0.2, -0.15) is 0 Å². The molecule has 1 aromatic rings. The molecule has 1 atom stereocenters. The number of nitrogens with one attached hydrogen (secondary N) is 1. The molecule has 1 aromatic heterocycles. The van der Waals surface area contributed by atoms with Crippen molar-refractivity contribution in [3.8, 4) is 0 Å². The van der Waals surface area contributed by atoms with Crippen molar-refractivity contribution < 1.29 is 18.7 Å². The first-order chi connectivity index (χ1) is 8.59. The van der Waals surface area contributed by atoms with Crippen LogP contribution in [0.1, 0.15) is 30.6 Å². The first-order valence-corrected chi connectivity index (χ1v) is 6.17. The summed E-state index contributed by atoms with van der Waals surface area (Å²) in [7, 11) is 0. The van der Waals surface area contributed by atoms with Crippen LogP contribution in [0.15, 0.2) is 23.0 Å². The minimum absolute atomic E-state index is 0.117. The lowest BCUT2D eigenvalue weighted by Gasteiger charge is -2.25. The molecule has 1 N–H and O–H groups in total. The predicted octanol–water partition coefficient (Wildman–Crippen LogP) is 1.80. The Labute approximate surface area is 106 Å². The monoisotopic (exact) mass is 253 g/mol. The molecule has 5 heteroatoms. The second-order valence-corrected chi connectivity index (χ2v) is 4.86. The van der Waals surface area contributed by atoms with Crippen molar-refractivity contribution in [1.82, 2.24) is 5.32 Å². The highest BCUT2D eigenvalue weighted by atomic mass is 16.7. The zero-order valence-corrected chi connectivity index (χ0v) is 10.8. The molecule has 0 spiro atoms. The molecule has 2 heterocycles. The molecule has 0 radical (unpaired) electrons. The maximum atomic E-state index is 11.7. The standard InChI is InChI=1S/C13H19NO4/c1-10(7-13(2)17-5-6-18-13)8-14-12(15)11-3-4-16-9-11/h3-4,9-10H,5-8H2,1-2H3,(H,14,15)/t10-/m1/s1. The van der Waals surface area contributed by atoms with E-state index < -0.39 is 5.79 Å². The van der Waals surface area contributed by atoms with Gasteiger partial charge in [0.05, 0.1) is 25.0 Å². The molecule has 1 saturated heterocycles. The largest absolute Gasteiger partial charge is 0.472 e. The normalized spacial score (nSPS) is 19.7.